The van der Waals surface area contributed by atoms with Crippen molar-refractivity contribution in [1.29, 1.82) is 0 Å². The van der Waals surface area contributed by atoms with Crippen molar-refractivity contribution in [2.45, 2.75) is 63.6 Å². The fourth-order valence-corrected chi connectivity index (χ4v) is 4.87. The molecule has 0 radical (unpaired) electrons. The number of hydrogen-bond acceptors (Lipinski definition) is 4. The van der Waals surface area contributed by atoms with Crippen LogP contribution in [0.4, 0.5) is 0 Å². The van der Waals surface area contributed by atoms with Crippen molar-refractivity contribution >= 4 is 16.9 Å². The Labute approximate surface area is 155 Å². The first-order chi connectivity index (χ1) is 12.6. The third kappa shape index (κ3) is 3.00. The number of aromatic nitrogens is 3. The summed E-state index contributed by atoms with van der Waals surface area (Å²) in [4.78, 5) is 17.9. The summed E-state index contributed by atoms with van der Waals surface area (Å²) in [7, 11) is 2.18. The summed E-state index contributed by atoms with van der Waals surface area (Å²) in [5, 5.41) is 8.41. The van der Waals surface area contributed by atoms with E-state index in [1.165, 1.54) is 19.3 Å². The first-order valence-corrected chi connectivity index (χ1v) is 9.92. The average molecular weight is 355 g/mol. The molecular weight excluding hydrogens is 326 g/mol. The Morgan fingerprint density at radius 2 is 2.04 bits per heavy atom. The van der Waals surface area contributed by atoms with E-state index in [4.69, 9.17) is 0 Å². The van der Waals surface area contributed by atoms with Gasteiger partial charge in [0.25, 0.3) is 0 Å². The van der Waals surface area contributed by atoms with Crippen LogP contribution in [0.2, 0.25) is 0 Å². The van der Waals surface area contributed by atoms with Crippen molar-refractivity contribution in [3.63, 3.8) is 0 Å². The zero-order valence-electron chi connectivity index (χ0n) is 15.9. The van der Waals surface area contributed by atoms with E-state index in [-0.39, 0.29) is 18.0 Å². The van der Waals surface area contributed by atoms with Gasteiger partial charge in [0, 0.05) is 18.1 Å². The minimum absolute atomic E-state index is 0.0554. The third-order valence-electron chi connectivity index (χ3n) is 6.49. The van der Waals surface area contributed by atoms with Crippen LogP contribution in [0.1, 0.15) is 45.4 Å². The number of benzene rings is 1. The van der Waals surface area contributed by atoms with E-state index in [0.29, 0.717) is 6.04 Å². The van der Waals surface area contributed by atoms with E-state index in [0.717, 1.165) is 43.4 Å². The largest absolute Gasteiger partial charge is 0.334 e. The maximum atomic E-state index is 13.3. The van der Waals surface area contributed by atoms with E-state index in [9.17, 15) is 4.79 Å². The number of nitrogens with zero attached hydrogens (tertiary/aromatic N) is 5. The van der Waals surface area contributed by atoms with Gasteiger partial charge in [-0.25, -0.2) is 4.68 Å². The predicted molar refractivity (Wildman–Crippen MR) is 102 cm³/mol. The molecule has 6 nitrogen and oxygen atoms in total. The Morgan fingerprint density at radius 3 is 2.81 bits per heavy atom. The highest BCUT2D eigenvalue weighted by atomic mass is 16.2. The summed E-state index contributed by atoms with van der Waals surface area (Å²) in [6, 6.07) is 8.31. The Morgan fingerprint density at radius 1 is 1.27 bits per heavy atom. The summed E-state index contributed by atoms with van der Waals surface area (Å²) in [6.45, 7) is 4.34. The van der Waals surface area contributed by atoms with Gasteiger partial charge in [-0.05, 0) is 45.0 Å². The Kier molecular flexibility index (Phi) is 4.69. The molecule has 6 heteroatoms. The molecular formula is C20H29N5O. The summed E-state index contributed by atoms with van der Waals surface area (Å²) in [6.07, 6.45) is 7.17. The molecule has 1 amide bonds. The molecule has 1 aliphatic carbocycles. The van der Waals surface area contributed by atoms with Crippen molar-refractivity contribution in [3.05, 3.63) is 24.3 Å². The zero-order valence-corrected chi connectivity index (χ0v) is 15.9. The van der Waals surface area contributed by atoms with Crippen LogP contribution in [0, 0.1) is 0 Å². The Balaban J connectivity index is 1.58. The van der Waals surface area contributed by atoms with Crippen LogP contribution < -0.4 is 0 Å². The maximum Gasteiger partial charge on any atom is 0.244 e. The van der Waals surface area contributed by atoms with E-state index in [1.807, 2.05) is 24.3 Å². The smallest absolute Gasteiger partial charge is 0.244 e. The van der Waals surface area contributed by atoms with Gasteiger partial charge in [0.05, 0.1) is 5.52 Å². The lowest BCUT2D eigenvalue weighted by atomic mass is 9.79. The molecule has 26 heavy (non-hydrogen) atoms. The van der Waals surface area contributed by atoms with Crippen LogP contribution in [0.25, 0.3) is 11.0 Å². The molecule has 1 saturated carbocycles. The molecule has 2 aromatic rings. The molecule has 0 N–H and O–H groups in total. The van der Waals surface area contributed by atoms with Gasteiger partial charge in [-0.1, -0.05) is 43.5 Å². The van der Waals surface area contributed by atoms with Gasteiger partial charge in [0.15, 0.2) is 0 Å². The normalized spacial score (nSPS) is 22.6. The lowest BCUT2D eigenvalue weighted by Gasteiger charge is -2.41. The number of likely N-dealkylation sites (tertiary alicyclic amines) is 1. The molecule has 1 aliphatic heterocycles. The highest BCUT2D eigenvalue weighted by Gasteiger charge is 2.48. The lowest BCUT2D eigenvalue weighted by Crippen LogP contribution is -2.49. The van der Waals surface area contributed by atoms with Crippen molar-refractivity contribution in [2.24, 2.45) is 0 Å². The van der Waals surface area contributed by atoms with Crippen molar-refractivity contribution < 1.29 is 4.79 Å². The van der Waals surface area contributed by atoms with Crippen molar-refractivity contribution in [3.8, 4) is 0 Å². The first-order valence-electron chi connectivity index (χ1n) is 9.92. The van der Waals surface area contributed by atoms with E-state index in [2.05, 4.69) is 34.1 Å². The third-order valence-corrected chi connectivity index (χ3v) is 6.49. The lowest BCUT2D eigenvalue weighted by molar-refractivity contribution is -0.137. The summed E-state index contributed by atoms with van der Waals surface area (Å²) in [5.41, 5.74) is 1.83. The molecule has 1 spiro atoms. The van der Waals surface area contributed by atoms with E-state index in [1.54, 1.807) is 4.68 Å². The summed E-state index contributed by atoms with van der Waals surface area (Å²) >= 11 is 0. The fourth-order valence-electron chi connectivity index (χ4n) is 4.87. The molecule has 1 saturated heterocycles. The van der Waals surface area contributed by atoms with Gasteiger partial charge in [-0.2, -0.15) is 0 Å². The van der Waals surface area contributed by atoms with Gasteiger partial charge in [-0.15, -0.1) is 5.10 Å². The second-order valence-electron chi connectivity index (χ2n) is 7.96. The Hall–Kier alpha value is -1.95. The molecule has 2 fully saturated rings. The molecule has 1 unspecified atom stereocenters. The Bertz CT molecular complexity index is 779. The second-order valence-corrected chi connectivity index (χ2v) is 7.96. The van der Waals surface area contributed by atoms with Crippen molar-refractivity contribution in [2.75, 3.05) is 20.1 Å². The molecule has 2 aliphatic rings. The second kappa shape index (κ2) is 6.99. The molecule has 1 aromatic carbocycles. The minimum Gasteiger partial charge on any atom is -0.334 e. The standard InChI is InChI=1S/C20H29N5O/c1-3-23(2)16-13-20(11-7-4-8-12-20)24(14-16)19(26)15-25-18-10-6-5-9-17(18)21-22-25/h5-6,9-10,16H,3-4,7-8,11-15H2,1-2H3. The summed E-state index contributed by atoms with van der Waals surface area (Å²) in [5.74, 6) is 0.189. The van der Waals surface area contributed by atoms with Crippen LogP contribution in [0.5, 0.6) is 0 Å². The number of rotatable bonds is 4. The fraction of sp³-hybridized carbons (Fsp3) is 0.650. The molecule has 0 bridgehead atoms. The minimum atomic E-state index is 0.0554. The van der Waals surface area contributed by atoms with Crippen LogP contribution in [0.15, 0.2) is 24.3 Å². The van der Waals surface area contributed by atoms with Gasteiger partial charge >= 0.3 is 0 Å². The topological polar surface area (TPSA) is 54.3 Å². The number of likely N-dealkylation sites (N-methyl/N-ethyl adjacent to an activating group) is 1. The first kappa shape index (κ1) is 17.5. The highest BCUT2D eigenvalue weighted by Crippen LogP contribution is 2.43. The molecule has 1 atom stereocenters. The molecule has 1 aromatic heterocycles. The number of carbonyl (C=O) groups excluding carboxylic acids is 1. The zero-order chi connectivity index (χ0) is 18.1. The number of carbonyl (C=O) groups is 1. The predicted octanol–water partition coefficient (Wildman–Crippen LogP) is 2.69. The quantitative estimate of drug-likeness (QED) is 0.846. The van der Waals surface area contributed by atoms with Crippen LogP contribution in [-0.2, 0) is 11.3 Å². The van der Waals surface area contributed by atoms with Crippen molar-refractivity contribution in [1.82, 2.24) is 24.8 Å². The SMILES string of the molecule is CCN(C)C1CN(C(=O)Cn2nnc3ccccc32)C2(CCCCC2)C1. The number of fused-ring (bicyclic) bond motifs is 1. The van der Waals surface area contributed by atoms with Crippen LogP contribution >= 0.6 is 0 Å². The summed E-state index contributed by atoms with van der Waals surface area (Å²) < 4.78 is 1.76. The molecule has 2 heterocycles. The highest BCUT2D eigenvalue weighted by molar-refractivity contribution is 5.80. The van der Waals surface area contributed by atoms with E-state index < -0.39 is 0 Å². The van der Waals surface area contributed by atoms with Gasteiger partial charge in [0.1, 0.15) is 12.1 Å². The maximum absolute atomic E-state index is 13.3. The van der Waals surface area contributed by atoms with Gasteiger partial charge in [0.2, 0.25) is 5.91 Å². The van der Waals surface area contributed by atoms with Gasteiger partial charge < -0.3 is 9.80 Å². The van der Waals surface area contributed by atoms with Gasteiger partial charge in [-0.3, -0.25) is 4.79 Å². The monoisotopic (exact) mass is 355 g/mol. The molecule has 140 valence electrons. The molecule has 4 rings (SSSR count). The van der Waals surface area contributed by atoms with E-state index >= 15 is 0 Å². The number of para-hydroxylation sites is 1. The van der Waals surface area contributed by atoms with Crippen LogP contribution in [-0.4, -0.2) is 62.4 Å². The number of hydrogen-bond donors (Lipinski definition) is 0. The van der Waals surface area contributed by atoms with Crippen LogP contribution in [0.3, 0.4) is 0 Å². The average Bonchev–Trinajstić information content (AvgIpc) is 3.24. The number of amides is 1.